The van der Waals surface area contributed by atoms with E-state index in [4.69, 9.17) is 9.84 Å². The van der Waals surface area contributed by atoms with Crippen molar-refractivity contribution in [2.75, 3.05) is 13.2 Å². The summed E-state index contributed by atoms with van der Waals surface area (Å²) in [5.74, 6) is 0.903. The highest BCUT2D eigenvalue weighted by Gasteiger charge is 2.03. The molecule has 0 bridgehead atoms. The van der Waals surface area contributed by atoms with E-state index in [2.05, 4.69) is 12.2 Å². The van der Waals surface area contributed by atoms with Crippen molar-refractivity contribution in [1.29, 1.82) is 0 Å². The summed E-state index contributed by atoms with van der Waals surface area (Å²) in [7, 11) is 0. The van der Waals surface area contributed by atoms with E-state index in [1.54, 1.807) is 0 Å². The Balaban J connectivity index is 2.42. The van der Waals surface area contributed by atoms with Crippen LogP contribution in [0.4, 0.5) is 0 Å². The van der Waals surface area contributed by atoms with Crippen molar-refractivity contribution in [2.24, 2.45) is 0 Å². The Morgan fingerprint density at radius 1 is 1.25 bits per heavy atom. The summed E-state index contributed by atoms with van der Waals surface area (Å²) >= 11 is 0. The van der Waals surface area contributed by atoms with Gasteiger partial charge in [-0.15, -0.1) is 0 Å². The molecule has 0 fully saturated rings. The molecular weight excluding hydrogens is 202 g/mol. The molecule has 0 aromatic heterocycles. The molecule has 0 aliphatic heterocycles. The van der Waals surface area contributed by atoms with Crippen LogP contribution in [0.15, 0.2) is 24.3 Å². The lowest BCUT2D eigenvalue weighted by molar-refractivity contribution is 0.238. The minimum atomic E-state index is 0.187. The van der Waals surface area contributed by atoms with Crippen LogP contribution < -0.4 is 10.1 Å². The average molecular weight is 223 g/mol. The van der Waals surface area contributed by atoms with E-state index in [-0.39, 0.29) is 12.6 Å². The van der Waals surface area contributed by atoms with Crippen LogP contribution in [0.2, 0.25) is 0 Å². The van der Waals surface area contributed by atoms with Gasteiger partial charge < -0.3 is 15.2 Å². The van der Waals surface area contributed by atoms with Gasteiger partial charge in [-0.05, 0) is 31.0 Å². The molecule has 1 aromatic carbocycles. The second kappa shape index (κ2) is 7.25. The Morgan fingerprint density at radius 2 is 1.94 bits per heavy atom. The van der Waals surface area contributed by atoms with E-state index in [0.29, 0.717) is 6.61 Å². The fourth-order valence-corrected chi connectivity index (χ4v) is 1.47. The largest absolute Gasteiger partial charge is 0.494 e. The smallest absolute Gasteiger partial charge is 0.119 e. The molecule has 0 saturated carbocycles. The van der Waals surface area contributed by atoms with Crippen LogP contribution in [0.5, 0.6) is 5.75 Å². The summed E-state index contributed by atoms with van der Waals surface area (Å²) in [5, 5.41) is 12.3. The molecule has 0 heterocycles. The molecule has 1 rings (SSSR count). The highest BCUT2D eigenvalue weighted by molar-refractivity contribution is 5.27. The third-order valence-electron chi connectivity index (χ3n) is 2.54. The van der Waals surface area contributed by atoms with Gasteiger partial charge in [0.2, 0.25) is 0 Å². The Kier molecular flexibility index (Phi) is 5.90. The maximum absolute atomic E-state index is 9.04. The van der Waals surface area contributed by atoms with Gasteiger partial charge in [0, 0.05) is 12.6 Å². The standard InChI is InChI=1S/C13H21NO2/c1-3-12(10-15)14-9-11-5-7-13(8-6-11)16-4-2/h5-8,12,14-15H,3-4,9-10H2,1-2H3/t12-/m1/s1. The Hall–Kier alpha value is -1.06. The first-order chi connectivity index (χ1) is 7.80. The lowest BCUT2D eigenvalue weighted by Gasteiger charge is -2.14. The summed E-state index contributed by atoms with van der Waals surface area (Å²) < 4.78 is 5.37. The number of aliphatic hydroxyl groups excluding tert-OH is 1. The summed E-state index contributed by atoms with van der Waals surface area (Å²) in [5.41, 5.74) is 1.20. The molecule has 16 heavy (non-hydrogen) atoms. The average Bonchev–Trinajstić information content (AvgIpc) is 2.33. The normalized spacial score (nSPS) is 12.4. The first-order valence-electron chi connectivity index (χ1n) is 5.86. The Morgan fingerprint density at radius 3 is 2.44 bits per heavy atom. The number of aliphatic hydroxyl groups is 1. The molecule has 3 heteroatoms. The molecule has 0 aliphatic carbocycles. The van der Waals surface area contributed by atoms with E-state index < -0.39 is 0 Å². The van der Waals surface area contributed by atoms with Crippen molar-refractivity contribution in [3.8, 4) is 5.75 Å². The zero-order chi connectivity index (χ0) is 11.8. The number of rotatable bonds is 7. The number of hydrogen-bond donors (Lipinski definition) is 2. The van der Waals surface area contributed by atoms with Crippen LogP contribution in [-0.2, 0) is 6.54 Å². The van der Waals surface area contributed by atoms with Gasteiger partial charge in [0.15, 0.2) is 0 Å². The summed E-state index contributed by atoms with van der Waals surface area (Å²) in [6.45, 7) is 5.70. The van der Waals surface area contributed by atoms with Crippen LogP contribution in [0.25, 0.3) is 0 Å². The van der Waals surface area contributed by atoms with Crippen LogP contribution in [0.1, 0.15) is 25.8 Å². The quantitative estimate of drug-likeness (QED) is 0.742. The second-order valence-electron chi connectivity index (χ2n) is 3.75. The number of nitrogens with one attached hydrogen (secondary N) is 1. The number of ether oxygens (including phenoxy) is 1. The molecule has 0 amide bonds. The number of benzene rings is 1. The monoisotopic (exact) mass is 223 g/mol. The van der Waals surface area contributed by atoms with Crippen molar-refractivity contribution >= 4 is 0 Å². The van der Waals surface area contributed by atoms with Gasteiger partial charge in [-0.2, -0.15) is 0 Å². The Labute approximate surface area is 97.4 Å². The van der Waals surface area contributed by atoms with Crippen molar-refractivity contribution < 1.29 is 9.84 Å². The van der Waals surface area contributed by atoms with Gasteiger partial charge in [-0.1, -0.05) is 19.1 Å². The van der Waals surface area contributed by atoms with Crippen molar-refractivity contribution in [3.63, 3.8) is 0 Å². The van der Waals surface area contributed by atoms with Crippen molar-refractivity contribution in [2.45, 2.75) is 32.9 Å². The molecule has 90 valence electrons. The number of hydrogen-bond acceptors (Lipinski definition) is 3. The molecular formula is C13H21NO2. The fraction of sp³-hybridized carbons (Fsp3) is 0.538. The van der Waals surface area contributed by atoms with E-state index in [1.165, 1.54) is 5.56 Å². The van der Waals surface area contributed by atoms with Crippen molar-refractivity contribution in [3.05, 3.63) is 29.8 Å². The molecule has 1 aromatic rings. The van der Waals surface area contributed by atoms with Crippen LogP contribution in [0, 0.1) is 0 Å². The Bertz CT molecular complexity index is 280. The summed E-state index contributed by atoms with van der Waals surface area (Å²) in [4.78, 5) is 0. The van der Waals surface area contributed by atoms with Gasteiger partial charge in [0.25, 0.3) is 0 Å². The summed E-state index contributed by atoms with van der Waals surface area (Å²) in [6, 6.07) is 8.22. The van der Waals surface area contributed by atoms with E-state index in [0.717, 1.165) is 18.7 Å². The summed E-state index contributed by atoms with van der Waals surface area (Å²) in [6.07, 6.45) is 0.938. The molecule has 0 spiro atoms. The van der Waals surface area contributed by atoms with E-state index in [1.807, 2.05) is 31.2 Å². The maximum Gasteiger partial charge on any atom is 0.119 e. The van der Waals surface area contributed by atoms with Gasteiger partial charge in [-0.3, -0.25) is 0 Å². The van der Waals surface area contributed by atoms with Crippen LogP contribution in [-0.4, -0.2) is 24.4 Å². The predicted molar refractivity (Wildman–Crippen MR) is 65.6 cm³/mol. The highest BCUT2D eigenvalue weighted by Crippen LogP contribution is 2.12. The fourth-order valence-electron chi connectivity index (χ4n) is 1.47. The van der Waals surface area contributed by atoms with Gasteiger partial charge >= 0.3 is 0 Å². The third-order valence-corrected chi connectivity index (χ3v) is 2.54. The molecule has 2 N–H and O–H groups in total. The van der Waals surface area contributed by atoms with Crippen molar-refractivity contribution in [1.82, 2.24) is 5.32 Å². The minimum absolute atomic E-state index is 0.187. The van der Waals surface area contributed by atoms with Gasteiger partial charge in [0.1, 0.15) is 5.75 Å². The third kappa shape index (κ3) is 4.21. The van der Waals surface area contributed by atoms with Crippen LogP contribution >= 0.6 is 0 Å². The molecule has 0 unspecified atom stereocenters. The predicted octanol–water partition coefficient (Wildman–Crippen LogP) is 1.95. The first-order valence-corrected chi connectivity index (χ1v) is 5.86. The lowest BCUT2D eigenvalue weighted by Crippen LogP contribution is -2.31. The molecule has 3 nitrogen and oxygen atoms in total. The van der Waals surface area contributed by atoms with Crippen LogP contribution in [0.3, 0.4) is 0 Å². The first kappa shape index (κ1) is 13.0. The zero-order valence-electron chi connectivity index (χ0n) is 10.1. The van der Waals surface area contributed by atoms with E-state index in [9.17, 15) is 0 Å². The maximum atomic E-state index is 9.04. The second-order valence-corrected chi connectivity index (χ2v) is 3.75. The van der Waals surface area contributed by atoms with Gasteiger partial charge in [-0.25, -0.2) is 0 Å². The lowest BCUT2D eigenvalue weighted by atomic mass is 10.2. The topological polar surface area (TPSA) is 41.5 Å². The van der Waals surface area contributed by atoms with E-state index >= 15 is 0 Å². The minimum Gasteiger partial charge on any atom is -0.494 e. The molecule has 1 atom stereocenters. The molecule has 0 aliphatic rings. The SMILES string of the molecule is CCOc1ccc(CN[C@H](CC)CO)cc1. The zero-order valence-corrected chi connectivity index (χ0v) is 10.1. The highest BCUT2D eigenvalue weighted by atomic mass is 16.5. The molecule has 0 saturated heterocycles. The molecule has 0 radical (unpaired) electrons. The van der Waals surface area contributed by atoms with Gasteiger partial charge in [0.05, 0.1) is 13.2 Å².